The van der Waals surface area contributed by atoms with Crippen LogP contribution in [0.4, 0.5) is 5.69 Å². The standard InChI is InChI=1S/C13H18N2O2S/c1-4-6-12(5-2)15-18(16,17)13-9-11(14)8-7-10(13)3/h1,7-9,12,15H,5-6,14H2,2-3H3. The maximum absolute atomic E-state index is 12.2. The topological polar surface area (TPSA) is 72.2 Å². The lowest BCUT2D eigenvalue weighted by Gasteiger charge is -2.16. The molecule has 98 valence electrons. The van der Waals surface area contributed by atoms with Crippen molar-refractivity contribution in [3.05, 3.63) is 23.8 Å². The second-order valence-electron chi connectivity index (χ2n) is 4.16. The van der Waals surface area contributed by atoms with E-state index in [-0.39, 0.29) is 10.9 Å². The summed E-state index contributed by atoms with van der Waals surface area (Å²) in [4.78, 5) is 0.206. The fraction of sp³-hybridized carbons (Fsp3) is 0.385. The maximum atomic E-state index is 12.2. The van der Waals surface area contributed by atoms with Crippen LogP contribution < -0.4 is 10.5 Å². The van der Waals surface area contributed by atoms with Crippen molar-refractivity contribution in [2.24, 2.45) is 0 Å². The average Bonchev–Trinajstić information content (AvgIpc) is 2.31. The molecule has 1 aromatic carbocycles. The van der Waals surface area contributed by atoms with Gasteiger partial charge in [-0.1, -0.05) is 13.0 Å². The molecule has 1 atom stereocenters. The van der Waals surface area contributed by atoms with Crippen LogP contribution in [0, 0.1) is 19.3 Å². The smallest absolute Gasteiger partial charge is 0.241 e. The first kappa shape index (κ1) is 14.6. The maximum Gasteiger partial charge on any atom is 0.241 e. The summed E-state index contributed by atoms with van der Waals surface area (Å²) in [6.45, 7) is 3.62. The zero-order valence-corrected chi connectivity index (χ0v) is 11.4. The molecule has 0 heterocycles. The molecule has 0 aliphatic carbocycles. The van der Waals surface area contributed by atoms with Crippen molar-refractivity contribution in [3.8, 4) is 12.3 Å². The second kappa shape index (κ2) is 5.89. The highest BCUT2D eigenvalue weighted by molar-refractivity contribution is 7.89. The molecule has 0 aromatic heterocycles. The van der Waals surface area contributed by atoms with E-state index in [1.54, 1.807) is 19.1 Å². The molecule has 3 N–H and O–H groups in total. The summed E-state index contributed by atoms with van der Waals surface area (Å²) in [5, 5.41) is 0. The summed E-state index contributed by atoms with van der Waals surface area (Å²) in [7, 11) is -3.57. The van der Waals surface area contributed by atoms with Crippen LogP contribution in [0.5, 0.6) is 0 Å². The van der Waals surface area contributed by atoms with Gasteiger partial charge in [0.05, 0.1) is 4.90 Å². The normalized spacial score (nSPS) is 12.9. The molecule has 0 amide bonds. The predicted octanol–water partition coefficient (Wildman–Crippen LogP) is 1.66. The van der Waals surface area contributed by atoms with E-state index in [2.05, 4.69) is 10.6 Å². The van der Waals surface area contributed by atoms with Crippen LogP contribution >= 0.6 is 0 Å². The summed E-state index contributed by atoms with van der Waals surface area (Å²) in [5.41, 5.74) is 6.70. The van der Waals surface area contributed by atoms with Crippen LogP contribution in [0.15, 0.2) is 23.1 Å². The molecule has 0 aliphatic rings. The van der Waals surface area contributed by atoms with Crippen molar-refractivity contribution in [1.82, 2.24) is 4.72 Å². The van der Waals surface area contributed by atoms with Crippen LogP contribution in [0.25, 0.3) is 0 Å². The first-order valence-corrected chi connectivity index (χ1v) is 7.21. The lowest BCUT2D eigenvalue weighted by molar-refractivity contribution is 0.543. The Kier molecular flexibility index (Phi) is 4.76. The number of sulfonamides is 1. The van der Waals surface area contributed by atoms with Crippen molar-refractivity contribution < 1.29 is 8.42 Å². The summed E-state index contributed by atoms with van der Waals surface area (Å²) in [6, 6.07) is 4.57. The van der Waals surface area contributed by atoms with Gasteiger partial charge in [0.1, 0.15) is 0 Å². The molecule has 0 fully saturated rings. The van der Waals surface area contributed by atoms with Crippen molar-refractivity contribution >= 4 is 15.7 Å². The van der Waals surface area contributed by atoms with Crippen LogP contribution in [-0.4, -0.2) is 14.5 Å². The number of rotatable bonds is 5. The Morgan fingerprint density at radius 3 is 2.72 bits per heavy atom. The number of terminal acetylenes is 1. The monoisotopic (exact) mass is 266 g/mol. The molecule has 1 rings (SSSR count). The number of nitrogen functional groups attached to an aromatic ring is 1. The molecule has 0 aliphatic heterocycles. The minimum Gasteiger partial charge on any atom is -0.399 e. The van der Waals surface area contributed by atoms with E-state index in [4.69, 9.17) is 12.2 Å². The van der Waals surface area contributed by atoms with Gasteiger partial charge in [0.25, 0.3) is 0 Å². The van der Waals surface area contributed by atoms with Gasteiger partial charge in [0.2, 0.25) is 10.0 Å². The average molecular weight is 266 g/mol. The zero-order valence-electron chi connectivity index (χ0n) is 10.6. The third kappa shape index (κ3) is 3.49. The number of hydrogen-bond donors (Lipinski definition) is 2. The summed E-state index contributed by atoms with van der Waals surface area (Å²) < 4.78 is 27.0. The summed E-state index contributed by atoms with van der Waals surface area (Å²) in [5.74, 6) is 2.47. The van der Waals surface area contributed by atoms with Crippen LogP contribution in [0.3, 0.4) is 0 Å². The van der Waals surface area contributed by atoms with Gasteiger partial charge in [0, 0.05) is 18.2 Å². The molecule has 0 saturated heterocycles. The van der Waals surface area contributed by atoms with Crippen LogP contribution in [0.2, 0.25) is 0 Å². The van der Waals surface area contributed by atoms with E-state index < -0.39 is 10.0 Å². The first-order chi connectivity index (χ1) is 8.40. The molecule has 1 aromatic rings. The highest BCUT2D eigenvalue weighted by atomic mass is 32.2. The van der Waals surface area contributed by atoms with Crippen molar-refractivity contribution in [1.29, 1.82) is 0 Å². The van der Waals surface area contributed by atoms with Crippen LogP contribution in [0.1, 0.15) is 25.3 Å². The van der Waals surface area contributed by atoms with E-state index >= 15 is 0 Å². The molecular weight excluding hydrogens is 248 g/mol. The van der Waals surface area contributed by atoms with Gasteiger partial charge in [-0.25, -0.2) is 13.1 Å². The third-order valence-electron chi connectivity index (χ3n) is 2.68. The van der Waals surface area contributed by atoms with E-state index in [9.17, 15) is 8.42 Å². The van der Waals surface area contributed by atoms with Gasteiger partial charge in [-0.05, 0) is 31.0 Å². The SMILES string of the molecule is C#CCC(CC)NS(=O)(=O)c1cc(N)ccc1C. The lowest BCUT2D eigenvalue weighted by Crippen LogP contribution is -2.34. The number of nitrogens with two attached hydrogens (primary N) is 1. The Hall–Kier alpha value is -1.51. The molecular formula is C13H18N2O2S. The van der Waals surface area contributed by atoms with E-state index in [1.165, 1.54) is 6.07 Å². The molecule has 0 spiro atoms. The van der Waals surface area contributed by atoms with Crippen LogP contribution in [-0.2, 0) is 10.0 Å². The van der Waals surface area contributed by atoms with Gasteiger partial charge in [-0.2, -0.15) is 0 Å². The summed E-state index contributed by atoms with van der Waals surface area (Å²) >= 11 is 0. The summed E-state index contributed by atoms with van der Waals surface area (Å²) in [6.07, 6.45) is 6.23. The third-order valence-corrected chi connectivity index (χ3v) is 4.34. The van der Waals surface area contributed by atoms with Gasteiger partial charge in [-0.3, -0.25) is 0 Å². The van der Waals surface area contributed by atoms with Gasteiger partial charge >= 0.3 is 0 Å². The molecule has 1 unspecified atom stereocenters. The Morgan fingerprint density at radius 2 is 2.17 bits per heavy atom. The number of aryl methyl sites for hydroxylation is 1. The Bertz CT molecular complexity index is 559. The van der Waals surface area contributed by atoms with Crippen molar-refractivity contribution in [2.45, 2.75) is 37.6 Å². The van der Waals surface area contributed by atoms with E-state index in [0.29, 0.717) is 24.1 Å². The van der Waals surface area contributed by atoms with Gasteiger partial charge in [0.15, 0.2) is 0 Å². The zero-order chi connectivity index (χ0) is 13.8. The molecule has 0 bridgehead atoms. The fourth-order valence-corrected chi connectivity index (χ4v) is 3.20. The number of benzene rings is 1. The molecule has 18 heavy (non-hydrogen) atoms. The van der Waals surface area contributed by atoms with E-state index in [0.717, 1.165) is 0 Å². The second-order valence-corrected chi connectivity index (χ2v) is 5.84. The predicted molar refractivity (Wildman–Crippen MR) is 73.4 cm³/mol. The molecule has 5 heteroatoms. The van der Waals surface area contributed by atoms with E-state index in [1.807, 2.05) is 6.92 Å². The fourth-order valence-electron chi connectivity index (χ4n) is 1.60. The van der Waals surface area contributed by atoms with Gasteiger partial charge < -0.3 is 5.73 Å². The Balaban J connectivity index is 3.06. The number of hydrogen-bond acceptors (Lipinski definition) is 3. The minimum atomic E-state index is -3.57. The molecule has 0 radical (unpaired) electrons. The lowest BCUT2D eigenvalue weighted by atomic mass is 10.2. The van der Waals surface area contributed by atoms with Crippen molar-refractivity contribution in [3.63, 3.8) is 0 Å². The number of nitrogens with one attached hydrogen (secondary N) is 1. The minimum absolute atomic E-state index is 0.206. The molecule has 0 saturated carbocycles. The number of anilines is 1. The highest BCUT2D eigenvalue weighted by Crippen LogP contribution is 2.19. The largest absolute Gasteiger partial charge is 0.399 e. The Labute approximate surface area is 109 Å². The first-order valence-electron chi connectivity index (χ1n) is 5.72. The molecule has 4 nitrogen and oxygen atoms in total. The quantitative estimate of drug-likeness (QED) is 0.629. The van der Waals surface area contributed by atoms with Crippen molar-refractivity contribution in [2.75, 3.05) is 5.73 Å². The highest BCUT2D eigenvalue weighted by Gasteiger charge is 2.20. The Morgan fingerprint density at radius 1 is 1.50 bits per heavy atom. The van der Waals surface area contributed by atoms with Gasteiger partial charge in [-0.15, -0.1) is 12.3 Å².